The maximum atomic E-state index is 11.4. The minimum atomic E-state index is -0.0955. The van der Waals surface area contributed by atoms with E-state index < -0.39 is 0 Å². The predicted octanol–water partition coefficient (Wildman–Crippen LogP) is 0.709. The van der Waals surface area contributed by atoms with Gasteiger partial charge in [-0.3, -0.25) is 4.79 Å². The number of ether oxygens (including phenoxy) is 1. The lowest BCUT2D eigenvalue weighted by atomic mass is 10.1. The molecule has 0 aliphatic rings. The minimum Gasteiger partial charge on any atom is -0.370 e. The average molecular weight is 236 g/mol. The highest BCUT2D eigenvalue weighted by Gasteiger charge is 2.07. The molecule has 0 aliphatic carbocycles. The number of carbonyl (C=O) groups excluding carboxylic acids is 1. The lowest BCUT2D eigenvalue weighted by Gasteiger charge is -2.13. The van der Waals surface area contributed by atoms with Crippen molar-refractivity contribution >= 4 is 5.91 Å². The minimum absolute atomic E-state index is 0.0797. The molecule has 1 unspecified atom stereocenters. The Balaban J connectivity index is 2.25. The maximum absolute atomic E-state index is 11.4. The Bertz CT molecular complexity index is 327. The van der Waals surface area contributed by atoms with Crippen LogP contribution < -0.4 is 11.1 Å². The molecule has 4 nitrogen and oxygen atoms in total. The molecule has 0 fully saturated rings. The summed E-state index contributed by atoms with van der Waals surface area (Å²) >= 11 is 0. The summed E-state index contributed by atoms with van der Waals surface area (Å²) in [6.07, 6.45) is 0.823. The van der Waals surface area contributed by atoms with Crippen molar-refractivity contribution in [2.45, 2.75) is 19.4 Å². The van der Waals surface area contributed by atoms with Gasteiger partial charge < -0.3 is 15.8 Å². The van der Waals surface area contributed by atoms with Gasteiger partial charge in [0.2, 0.25) is 5.91 Å². The van der Waals surface area contributed by atoms with Gasteiger partial charge >= 0.3 is 0 Å². The fourth-order valence-corrected chi connectivity index (χ4v) is 1.58. The molecule has 1 aromatic carbocycles. The highest BCUT2D eigenvalue weighted by molar-refractivity contribution is 5.77. The molecule has 0 spiro atoms. The molecule has 0 radical (unpaired) electrons. The quantitative estimate of drug-likeness (QED) is 0.685. The lowest BCUT2D eigenvalue weighted by molar-refractivity contribution is -0.126. The number of hydrogen-bond donors (Lipinski definition) is 2. The monoisotopic (exact) mass is 236 g/mol. The molecule has 0 heterocycles. The number of rotatable bonds is 7. The van der Waals surface area contributed by atoms with E-state index in [0.29, 0.717) is 13.2 Å². The summed E-state index contributed by atoms with van der Waals surface area (Å²) in [5.41, 5.74) is 6.47. The number of carbonyl (C=O) groups is 1. The largest absolute Gasteiger partial charge is 0.370 e. The van der Waals surface area contributed by atoms with Gasteiger partial charge in [-0.15, -0.1) is 0 Å². The van der Waals surface area contributed by atoms with Crippen molar-refractivity contribution in [3.8, 4) is 0 Å². The number of amides is 1. The third-order valence-electron chi connectivity index (χ3n) is 2.29. The van der Waals surface area contributed by atoms with Crippen LogP contribution in [0.3, 0.4) is 0 Å². The first-order valence-corrected chi connectivity index (χ1v) is 5.83. The molecule has 1 rings (SSSR count). The number of hydrogen-bond acceptors (Lipinski definition) is 3. The molecule has 3 N–H and O–H groups in total. The zero-order valence-electron chi connectivity index (χ0n) is 10.2. The van der Waals surface area contributed by atoms with Crippen molar-refractivity contribution in [2.75, 3.05) is 19.8 Å². The van der Waals surface area contributed by atoms with Gasteiger partial charge in [-0.1, -0.05) is 30.3 Å². The smallest absolute Gasteiger partial charge is 0.246 e. The number of nitrogens with one attached hydrogen (secondary N) is 1. The van der Waals surface area contributed by atoms with E-state index in [9.17, 15) is 4.79 Å². The number of nitrogens with two attached hydrogens (primary N) is 1. The van der Waals surface area contributed by atoms with Gasteiger partial charge in [-0.05, 0) is 18.9 Å². The van der Waals surface area contributed by atoms with E-state index in [2.05, 4.69) is 5.32 Å². The summed E-state index contributed by atoms with van der Waals surface area (Å²) < 4.78 is 5.06. The van der Waals surface area contributed by atoms with Gasteiger partial charge in [0.25, 0.3) is 0 Å². The van der Waals surface area contributed by atoms with E-state index in [1.54, 1.807) is 0 Å². The van der Waals surface area contributed by atoms with Crippen LogP contribution in [0.4, 0.5) is 0 Å². The molecule has 4 heteroatoms. The lowest BCUT2D eigenvalue weighted by Crippen LogP contribution is -2.36. The van der Waals surface area contributed by atoms with Gasteiger partial charge in [0, 0.05) is 12.6 Å². The first kappa shape index (κ1) is 13.7. The van der Waals surface area contributed by atoms with E-state index >= 15 is 0 Å². The summed E-state index contributed by atoms with van der Waals surface area (Å²) in [6, 6.07) is 10.2. The molecular formula is C13H20N2O2. The van der Waals surface area contributed by atoms with Crippen molar-refractivity contribution in [1.29, 1.82) is 0 Å². The van der Waals surface area contributed by atoms with Gasteiger partial charge in [0.15, 0.2) is 0 Å². The van der Waals surface area contributed by atoms with E-state index in [0.717, 1.165) is 6.42 Å². The molecule has 1 atom stereocenters. The molecule has 17 heavy (non-hydrogen) atoms. The molecule has 94 valence electrons. The van der Waals surface area contributed by atoms with Crippen LogP contribution in [0.2, 0.25) is 0 Å². The Hall–Kier alpha value is -1.39. The molecule has 1 aromatic rings. The topological polar surface area (TPSA) is 64.3 Å². The summed E-state index contributed by atoms with van der Waals surface area (Å²) in [4.78, 5) is 11.4. The molecule has 1 amide bonds. The Morgan fingerprint density at radius 3 is 2.76 bits per heavy atom. The van der Waals surface area contributed by atoms with Crippen LogP contribution in [-0.4, -0.2) is 31.7 Å². The van der Waals surface area contributed by atoms with Crippen molar-refractivity contribution in [3.63, 3.8) is 0 Å². The predicted molar refractivity (Wildman–Crippen MR) is 67.6 cm³/mol. The molecular weight excluding hydrogens is 216 g/mol. The van der Waals surface area contributed by atoms with Crippen LogP contribution in [0, 0.1) is 0 Å². The normalized spacial score (nSPS) is 12.1. The third kappa shape index (κ3) is 6.04. The van der Waals surface area contributed by atoms with Crippen LogP contribution in [0.1, 0.15) is 12.5 Å². The van der Waals surface area contributed by atoms with E-state index in [1.165, 1.54) is 5.56 Å². The summed E-state index contributed by atoms with van der Waals surface area (Å²) in [6.45, 7) is 2.91. The molecule has 0 saturated heterocycles. The van der Waals surface area contributed by atoms with Crippen molar-refractivity contribution < 1.29 is 9.53 Å². The van der Waals surface area contributed by atoms with Crippen LogP contribution in [0.15, 0.2) is 30.3 Å². The Morgan fingerprint density at radius 1 is 1.41 bits per heavy atom. The van der Waals surface area contributed by atoms with Crippen molar-refractivity contribution in [2.24, 2.45) is 5.73 Å². The second-order valence-electron chi connectivity index (χ2n) is 4.00. The van der Waals surface area contributed by atoms with Crippen molar-refractivity contribution in [3.05, 3.63) is 35.9 Å². The summed E-state index contributed by atoms with van der Waals surface area (Å²) in [5.74, 6) is -0.0955. The maximum Gasteiger partial charge on any atom is 0.246 e. The van der Waals surface area contributed by atoms with Crippen LogP contribution in [0.5, 0.6) is 0 Å². The van der Waals surface area contributed by atoms with Crippen molar-refractivity contribution in [1.82, 2.24) is 5.32 Å². The highest BCUT2D eigenvalue weighted by Crippen LogP contribution is 2.02. The van der Waals surface area contributed by atoms with Gasteiger partial charge in [-0.25, -0.2) is 0 Å². The standard InChI is InChI=1S/C13H20N2O2/c1-11(9-12-5-3-2-4-6-12)15-13(16)10-17-8-7-14/h2-6,11H,7-10,14H2,1H3,(H,15,16). The average Bonchev–Trinajstić information content (AvgIpc) is 2.30. The van der Waals surface area contributed by atoms with Gasteiger partial charge in [0.05, 0.1) is 6.61 Å². The first-order chi connectivity index (χ1) is 8.22. The molecule has 0 aliphatic heterocycles. The highest BCUT2D eigenvalue weighted by atomic mass is 16.5. The Labute approximate surface area is 102 Å². The van der Waals surface area contributed by atoms with E-state index in [4.69, 9.17) is 10.5 Å². The van der Waals surface area contributed by atoms with E-state index in [1.807, 2.05) is 37.3 Å². The molecule has 0 bridgehead atoms. The van der Waals surface area contributed by atoms with Crippen LogP contribution in [0.25, 0.3) is 0 Å². The van der Waals surface area contributed by atoms with E-state index in [-0.39, 0.29) is 18.6 Å². The van der Waals surface area contributed by atoms with Gasteiger partial charge in [-0.2, -0.15) is 0 Å². The first-order valence-electron chi connectivity index (χ1n) is 5.83. The molecule has 0 aromatic heterocycles. The summed E-state index contributed by atoms with van der Waals surface area (Å²) in [5, 5.41) is 2.88. The van der Waals surface area contributed by atoms with Crippen LogP contribution >= 0.6 is 0 Å². The summed E-state index contributed by atoms with van der Waals surface area (Å²) in [7, 11) is 0. The fourth-order valence-electron chi connectivity index (χ4n) is 1.58. The number of benzene rings is 1. The SMILES string of the molecule is CC(Cc1ccccc1)NC(=O)COCCN. The fraction of sp³-hybridized carbons (Fsp3) is 0.462. The van der Waals surface area contributed by atoms with Gasteiger partial charge in [0.1, 0.15) is 6.61 Å². The second kappa shape index (κ2) is 7.81. The second-order valence-corrected chi connectivity index (χ2v) is 4.00. The van der Waals surface area contributed by atoms with Crippen LogP contribution in [-0.2, 0) is 16.0 Å². The zero-order valence-corrected chi connectivity index (χ0v) is 10.2. The molecule has 0 saturated carbocycles. The zero-order chi connectivity index (χ0) is 12.5. The third-order valence-corrected chi connectivity index (χ3v) is 2.29. The Kier molecular flexibility index (Phi) is 6.29. The Morgan fingerprint density at radius 2 is 2.12 bits per heavy atom.